The maximum absolute atomic E-state index is 14.4. The molecule has 98 valence electrons. The molecule has 1 atom stereocenters. The van der Waals surface area contributed by atoms with Crippen molar-refractivity contribution >= 4 is 5.97 Å². The Labute approximate surface area is 106 Å². The van der Waals surface area contributed by atoms with Crippen LogP contribution in [0.15, 0.2) is 30.3 Å². The zero-order chi connectivity index (χ0) is 13.0. The molecular formula is C14H18FNO2. The first kappa shape index (κ1) is 13.0. The summed E-state index contributed by atoms with van der Waals surface area (Å²) in [4.78, 5) is 12.7. The molecule has 1 N–H and O–H groups in total. The van der Waals surface area contributed by atoms with Gasteiger partial charge in [-0.3, -0.25) is 9.69 Å². The van der Waals surface area contributed by atoms with Gasteiger partial charge in [0.1, 0.15) is 5.67 Å². The normalized spacial score (nSPS) is 24.9. The Balaban J connectivity index is 1.96. The van der Waals surface area contributed by atoms with Gasteiger partial charge in [0.15, 0.2) is 0 Å². The minimum atomic E-state index is -1.57. The predicted octanol–water partition coefficient (Wildman–Crippen LogP) is 2.47. The second-order valence-corrected chi connectivity index (χ2v) is 5.02. The average Bonchev–Trinajstić information content (AvgIpc) is 2.28. The molecule has 0 radical (unpaired) electrons. The van der Waals surface area contributed by atoms with Gasteiger partial charge in [0.2, 0.25) is 0 Å². The highest BCUT2D eigenvalue weighted by atomic mass is 19.1. The molecule has 1 saturated heterocycles. The van der Waals surface area contributed by atoms with Crippen LogP contribution >= 0.6 is 0 Å². The average molecular weight is 251 g/mol. The number of halogens is 1. The van der Waals surface area contributed by atoms with E-state index in [4.69, 9.17) is 5.11 Å². The third-order valence-corrected chi connectivity index (χ3v) is 3.32. The van der Waals surface area contributed by atoms with Gasteiger partial charge in [-0.2, -0.15) is 0 Å². The Bertz CT molecular complexity index is 410. The highest BCUT2D eigenvalue weighted by Crippen LogP contribution is 2.29. The van der Waals surface area contributed by atoms with Crippen LogP contribution in [-0.4, -0.2) is 34.7 Å². The molecule has 3 nitrogen and oxygen atoms in total. The van der Waals surface area contributed by atoms with E-state index in [2.05, 4.69) is 0 Å². The van der Waals surface area contributed by atoms with E-state index in [1.54, 1.807) is 0 Å². The topological polar surface area (TPSA) is 40.5 Å². The summed E-state index contributed by atoms with van der Waals surface area (Å²) >= 11 is 0. The van der Waals surface area contributed by atoms with Gasteiger partial charge in [-0.05, 0) is 24.9 Å². The lowest BCUT2D eigenvalue weighted by molar-refractivity contribution is -0.141. The lowest BCUT2D eigenvalue weighted by Gasteiger charge is -2.36. The molecule has 0 spiro atoms. The van der Waals surface area contributed by atoms with Crippen molar-refractivity contribution in [2.75, 3.05) is 13.1 Å². The number of piperidine rings is 1. The lowest BCUT2D eigenvalue weighted by Crippen LogP contribution is -2.45. The summed E-state index contributed by atoms with van der Waals surface area (Å²) in [5.74, 6) is -1.06. The van der Waals surface area contributed by atoms with Gasteiger partial charge in [-0.25, -0.2) is 4.39 Å². The molecule has 0 saturated carbocycles. The molecule has 0 aliphatic carbocycles. The molecule has 1 aliphatic rings. The first-order valence-electron chi connectivity index (χ1n) is 6.24. The van der Waals surface area contributed by atoms with E-state index in [0.29, 0.717) is 13.0 Å². The number of hydrogen-bond acceptors (Lipinski definition) is 2. The predicted molar refractivity (Wildman–Crippen MR) is 67.0 cm³/mol. The fourth-order valence-electron chi connectivity index (χ4n) is 2.57. The van der Waals surface area contributed by atoms with E-state index < -0.39 is 18.1 Å². The highest BCUT2D eigenvalue weighted by molar-refractivity contribution is 5.68. The van der Waals surface area contributed by atoms with Crippen molar-refractivity contribution in [1.29, 1.82) is 0 Å². The Morgan fingerprint density at radius 3 is 2.78 bits per heavy atom. The van der Waals surface area contributed by atoms with Crippen LogP contribution in [0.4, 0.5) is 4.39 Å². The van der Waals surface area contributed by atoms with Gasteiger partial charge in [0.25, 0.3) is 0 Å². The first-order valence-corrected chi connectivity index (χ1v) is 6.24. The maximum atomic E-state index is 14.4. The Kier molecular flexibility index (Phi) is 3.97. The number of likely N-dealkylation sites (tertiary alicyclic amines) is 1. The summed E-state index contributed by atoms with van der Waals surface area (Å²) in [6.07, 6.45) is 0.680. The molecule has 0 aromatic heterocycles. The van der Waals surface area contributed by atoms with Crippen LogP contribution in [0.1, 0.15) is 24.8 Å². The third kappa shape index (κ3) is 3.53. The monoisotopic (exact) mass is 251 g/mol. The third-order valence-electron chi connectivity index (χ3n) is 3.32. The number of alkyl halides is 1. The number of hydrogen-bond donors (Lipinski definition) is 1. The van der Waals surface area contributed by atoms with E-state index in [0.717, 1.165) is 18.5 Å². The molecule has 4 heteroatoms. The van der Waals surface area contributed by atoms with Gasteiger partial charge >= 0.3 is 5.97 Å². The molecule has 0 amide bonds. The van der Waals surface area contributed by atoms with Crippen LogP contribution in [0.5, 0.6) is 0 Å². The van der Waals surface area contributed by atoms with Gasteiger partial charge in [0, 0.05) is 13.1 Å². The molecule has 1 fully saturated rings. The second kappa shape index (κ2) is 5.48. The van der Waals surface area contributed by atoms with Gasteiger partial charge < -0.3 is 5.11 Å². The Morgan fingerprint density at radius 1 is 1.39 bits per heavy atom. The Morgan fingerprint density at radius 2 is 2.11 bits per heavy atom. The second-order valence-electron chi connectivity index (χ2n) is 5.02. The Hall–Kier alpha value is -1.42. The van der Waals surface area contributed by atoms with Crippen molar-refractivity contribution in [2.45, 2.75) is 31.5 Å². The van der Waals surface area contributed by atoms with E-state index in [1.165, 1.54) is 0 Å². The summed E-state index contributed by atoms with van der Waals surface area (Å²) in [6, 6.07) is 9.87. The lowest BCUT2D eigenvalue weighted by atomic mass is 9.91. The van der Waals surface area contributed by atoms with Gasteiger partial charge in [0.05, 0.1) is 6.42 Å². The minimum absolute atomic E-state index is 0.216. The minimum Gasteiger partial charge on any atom is -0.481 e. The maximum Gasteiger partial charge on any atom is 0.306 e. The molecule has 1 aliphatic heterocycles. The number of carbonyl (C=O) groups is 1. The van der Waals surface area contributed by atoms with E-state index in [9.17, 15) is 9.18 Å². The largest absolute Gasteiger partial charge is 0.481 e. The fraction of sp³-hybridized carbons (Fsp3) is 0.500. The zero-order valence-corrected chi connectivity index (χ0v) is 10.3. The van der Waals surface area contributed by atoms with Crippen LogP contribution in [0.2, 0.25) is 0 Å². The number of aliphatic carboxylic acids is 1. The molecule has 1 heterocycles. The summed E-state index contributed by atoms with van der Waals surface area (Å²) in [7, 11) is 0. The molecule has 1 unspecified atom stereocenters. The summed E-state index contributed by atoms with van der Waals surface area (Å²) in [5, 5.41) is 8.75. The summed E-state index contributed by atoms with van der Waals surface area (Å²) < 4.78 is 14.4. The van der Waals surface area contributed by atoms with Gasteiger partial charge in [-0.15, -0.1) is 0 Å². The van der Waals surface area contributed by atoms with Crippen molar-refractivity contribution in [3.8, 4) is 0 Å². The van der Waals surface area contributed by atoms with Crippen LogP contribution in [0.3, 0.4) is 0 Å². The zero-order valence-electron chi connectivity index (χ0n) is 10.3. The van der Waals surface area contributed by atoms with Crippen molar-refractivity contribution in [1.82, 2.24) is 4.90 Å². The molecule has 1 aromatic rings. The first-order chi connectivity index (χ1) is 8.57. The number of nitrogens with zero attached hydrogens (tertiary/aromatic N) is 1. The van der Waals surface area contributed by atoms with Crippen molar-refractivity contribution in [3.63, 3.8) is 0 Å². The quantitative estimate of drug-likeness (QED) is 0.893. The SMILES string of the molecule is O=C(O)CC1(F)CCCN(Cc2ccccc2)C1. The smallest absolute Gasteiger partial charge is 0.306 e. The van der Waals surface area contributed by atoms with Crippen LogP contribution < -0.4 is 0 Å². The molecule has 2 rings (SSSR count). The molecule has 0 bridgehead atoms. The standard InChI is InChI=1S/C14H18FNO2/c15-14(9-13(17)18)7-4-8-16(11-14)10-12-5-2-1-3-6-12/h1-3,5-6H,4,7-11H2,(H,17,18). The van der Waals surface area contributed by atoms with Crippen LogP contribution in [-0.2, 0) is 11.3 Å². The van der Waals surface area contributed by atoms with Crippen LogP contribution in [0.25, 0.3) is 0 Å². The van der Waals surface area contributed by atoms with Crippen molar-refractivity contribution in [3.05, 3.63) is 35.9 Å². The number of carboxylic acid groups (broad SMARTS) is 1. The number of rotatable bonds is 4. The number of benzene rings is 1. The molecular weight excluding hydrogens is 233 g/mol. The fourth-order valence-corrected chi connectivity index (χ4v) is 2.57. The van der Waals surface area contributed by atoms with E-state index in [-0.39, 0.29) is 6.54 Å². The summed E-state index contributed by atoms with van der Waals surface area (Å²) in [6.45, 7) is 1.74. The highest BCUT2D eigenvalue weighted by Gasteiger charge is 2.37. The van der Waals surface area contributed by atoms with Gasteiger partial charge in [-0.1, -0.05) is 30.3 Å². The van der Waals surface area contributed by atoms with Crippen molar-refractivity contribution in [2.24, 2.45) is 0 Å². The van der Waals surface area contributed by atoms with Crippen molar-refractivity contribution < 1.29 is 14.3 Å². The van der Waals surface area contributed by atoms with Crippen LogP contribution in [0, 0.1) is 0 Å². The molecule has 18 heavy (non-hydrogen) atoms. The number of carboxylic acids is 1. The molecule has 1 aromatic carbocycles. The summed E-state index contributed by atoms with van der Waals surface area (Å²) in [5.41, 5.74) is -0.434. The van der Waals surface area contributed by atoms with E-state index in [1.807, 2.05) is 35.2 Å². The van der Waals surface area contributed by atoms with E-state index >= 15 is 0 Å².